The Balaban J connectivity index is 4.46. The fourth-order valence-electron chi connectivity index (χ4n) is 2.58. The molecule has 0 saturated heterocycles. The van der Waals surface area contributed by atoms with Gasteiger partial charge in [-0.2, -0.15) is 0 Å². The highest BCUT2D eigenvalue weighted by Gasteiger charge is 2.15. The molecule has 0 heterocycles. The maximum atomic E-state index is 10.9. The van der Waals surface area contributed by atoms with Crippen molar-refractivity contribution < 1.29 is 39.4 Å². The first-order valence-electron chi connectivity index (χ1n) is 11.0. The van der Waals surface area contributed by atoms with E-state index in [1.807, 2.05) is 0 Å². The quantitative estimate of drug-likeness (QED) is 0.0637. The molecule has 0 aliphatic carbocycles. The lowest BCUT2D eigenvalue weighted by atomic mass is 10.1. The molecule has 0 aromatic heterocycles. The monoisotopic (exact) mass is 465 g/mol. The molecule has 0 spiro atoms. The number of nitrogens with zero attached hydrogens (tertiary/aromatic N) is 1. The van der Waals surface area contributed by atoms with E-state index in [9.17, 15) is 4.79 Å². The van der Waals surface area contributed by atoms with Crippen molar-refractivity contribution in [1.29, 1.82) is 0 Å². The number of aliphatic hydroxyl groups excluding tert-OH is 4. The molecule has 0 rings (SSSR count). The van der Waals surface area contributed by atoms with Gasteiger partial charge in [0.25, 0.3) is 0 Å². The molecule has 8 N–H and O–H groups in total. The van der Waals surface area contributed by atoms with Gasteiger partial charge in [0, 0.05) is 31.0 Å². The van der Waals surface area contributed by atoms with Gasteiger partial charge in [-0.1, -0.05) is 6.42 Å². The minimum absolute atomic E-state index is 0.0856. The highest BCUT2D eigenvalue weighted by molar-refractivity contribution is 5.75. The van der Waals surface area contributed by atoms with Crippen LogP contribution in [0.4, 0.5) is 0 Å². The van der Waals surface area contributed by atoms with Gasteiger partial charge in [0.2, 0.25) is 0 Å². The molecule has 0 unspecified atom stereocenters. The van der Waals surface area contributed by atoms with E-state index in [4.69, 9.17) is 46.2 Å². The Kier molecular flexibility index (Phi) is 19.5. The number of rotatable bonds is 22. The van der Waals surface area contributed by atoms with E-state index < -0.39 is 6.10 Å². The molecular weight excluding hydrogens is 422 g/mol. The molecule has 11 nitrogen and oxygen atoms in total. The van der Waals surface area contributed by atoms with Crippen LogP contribution in [0, 0.1) is 11.8 Å². The Hall–Kier alpha value is -1.31. The summed E-state index contributed by atoms with van der Waals surface area (Å²) < 4.78 is 16.8. The second kappa shape index (κ2) is 20.3. The van der Waals surface area contributed by atoms with Crippen molar-refractivity contribution in [3.8, 4) is 0 Å². The molecule has 0 radical (unpaired) electrons. The van der Waals surface area contributed by atoms with Crippen molar-refractivity contribution >= 4 is 5.78 Å². The summed E-state index contributed by atoms with van der Waals surface area (Å²) in [5.41, 5.74) is 6.40. The van der Waals surface area contributed by atoms with Crippen LogP contribution in [0.25, 0.3) is 0 Å². The Labute approximate surface area is 190 Å². The summed E-state index contributed by atoms with van der Waals surface area (Å²) in [5, 5.41) is 38.0. The molecule has 0 aromatic rings. The summed E-state index contributed by atoms with van der Waals surface area (Å²) in [7, 11) is 0. The molecule has 0 aliphatic heterocycles. The summed E-state index contributed by atoms with van der Waals surface area (Å²) >= 11 is 0. The van der Waals surface area contributed by atoms with Crippen molar-refractivity contribution in [2.75, 3.05) is 66.0 Å². The number of hydrogen-bond acceptors (Lipinski definition) is 11. The van der Waals surface area contributed by atoms with E-state index in [1.165, 1.54) is 5.01 Å². The number of hydrazine groups is 1. The number of Topliss-reactive ketones (excluding diaryl/α,β-unsaturated/α-hetero) is 1. The number of unbranched alkanes of at least 4 members (excludes halogenated alkanes) is 2. The highest BCUT2D eigenvalue weighted by Crippen LogP contribution is 2.05. The maximum absolute atomic E-state index is 10.9. The number of carbonyl (C=O) groups is 1. The SMILES string of the molecule is CC(=O)CCCCCN(N)/C=C(\N)COC(COCC(CO)CO)COCC(CO)CO. The van der Waals surface area contributed by atoms with Gasteiger partial charge < -0.3 is 50.2 Å². The van der Waals surface area contributed by atoms with E-state index in [2.05, 4.69) is 0 Å². The third-order valence-electron chi connectivity index (χ3n) is 4.61. The first kappa shape index (κ1) is 30.7. The molecule has 0 fully saturated rings. The van der Waals surface area contributed by atoms with Gasteiger partial charge in [-0.25, -0.2) is 5.84 Å². The van der Waals surface area contributed by atoms with Gasteiger partial charge in [0.1, 0.15) is 11.9 Å². The molecule has 32 heavy (non-hydrogen) atoms. The Morgan fingerprint density at radius 3 is 1.91 bits per heavy atom. The summed E-state index contributed by atoms with van der Waals surface area (Å²) in [6.07, 6.45) is 4.26. The lowest BCUT2D eigenvalue weighted by molar-refractivity contribution is -0.117. The fourth-order valence-corrected chi connectivity index (χ4v) is 2.58. The number of nitrogens with two attached hydrogens (primary N) is 2. The average molecular weight is 466 g/mol. The number of aliphatic hydroxyl groups is 4. The molecule has 0 aromatic carbocycles. The minimum atomic E-state index is -0.490. The second-order valence-electron chi connectivity index (χ2n) is 7.92. The Morgan fingerprint density at radius 1 is 0.906 bits per heavy atom. The van der Waals surface area contributed by atoms with E-state index in [0.717, 1.165) is 19.3 Å². The first-order valence-corrected chi connectivity index (χ1v) is 11.0. The van der Waals surface area contributed by atoms with Crippen molar-refractivity contribution in [3.63, 3.8) is 0 Å². The minimum Gasteiger partial charge on any atom is -0.399 e. The molecule has 0 atom stereocenters. The summed E-state index contributed by atoms with van der Waals surface area (Å²) in [6, 6.07) is 0. The molecule has 0 aliphatic rings. The molecule has 11 heteroatoms. The van der Waals surface area contributed by atoms with Crippen LogP contribution in [0.2, 0.25) is 0 Å². The van der Waals surface area contributed by atoms with Crippen LogP contribution in [0.3, 0.4) is 0 Å². The van der Waals surface area contributed by atoms with Crippen LogP contribution < -0.4 is 11.6 Å². The molecule has 0 saturated carbocycles. The van der Waals surface area contributed by atoms with E-state index in [-0.39, 0.29) is 77.1 Å². The summed E-state index contributed by atoms with van der Waals surface area (Å²) in [5.74, 6) is 5.35. The van der Waals surface area contributed by atoms with Crippen LogP contribution in [0.1, 0.15) is 32.6 Å². The van der Waals surface area contributed by atoms with Crippen molar-refractivity contribution in [1.82, 2.24) is 5.01 Å². The summed E-state index contributed by atoms with van der Waals surface area (Å²) in [6.45, 7) is 2.12. The molecule has 190 valence electrons. The standard InChI is InChI=1S/C21H43N3O8/c1-17(29)5-3-2-4-6-24(23)7-20(22)14-32-21(15-30-12-18(8-25)9-26)16-31-13-19(10-27)11-28/h7,18-19,21,25-28H,2-6,8-16,22-23H2,1H3/b20-7-. The predicted octanol–water partition coefficient (Wildman–Crippen LogP) is -1.27. The third-order valence-corrected chi connectivity index (χ3v) is 4.61. The number of hydrogen-bond donors (Lipinski definition) is 6. The lowest BCUT2D eigenvalue weighted by Crippen LogP contribution is -2.32. The summed E-state index contributed by atoms with van der Waals surface area (Å²) in [4.78, 5) is 10.9. The molecule has 0 amide bonds. The smallest absolute Gasteiger partial charge is 0.129 e. The number of ether oxygens (including phenoxy) is 3. The second-order valence-corrected chi connectivity index (χ2v) is 7.92. The Morgan fingerprint density at radius 2 is 1.44 bits per heavy atom. The molecular formula is C21H43N3O8. The largest absolute Gasteiger partial charge is 0.399 e. The van der Waals surface area contributed by atoms with Gasteiger partial charge in [0.15, 0.2) is 0 Å². The van der Waals surface area contributed by atoms with Crippen molar-refractivity contribution in [3.05, 3.63) is 11.9 Å². The Bertz CT molecular complexity index is 470. The maximum Gasteiger partial charge on any atom is 0.129 e. The van der Waals surface area contributed by atoms with E-state index >= 15 is 0 Å². The third kappa shape index (κ3) is 17.3. The van der Waals surface area contributed by atoms with Crippen molar-refractivity contribution in [2.24, 2.45) is 23.4 Å². The van der Waals surface area contributed by atoms with E-state index in [0.29, 0.717) is 18.7 Å². The zero-order valence-electron chi connectivity index (χ0n) is 19.2. The predicted molar refractivity (Wildman–Crippen MR) is 119 cm³/mol. The van der Waals surface area contributed by atoms with Gasteiger partial charge in [-0.3, -0.25) is 0 Å². The zero-order chi connectivity index (χ0) is 24.2. The van der Waals surface area contributed by atoms with Gasteiger partial charge in [0.05, 0.1) is 65.2 Å². The number of carbonyl (C=O) groups excluding carboxylic acids is 1. The van der Waals surface area contributed by atoms with Crippen LogP contribution in [-0.2, 0) is 19.0 Å². The van der Waals surface area contributed by atoms with Crippen LogP contribution in [0.15, 0.2) is 11.9 Å². The lowest BCUT2D eigenvalue weighted by Gasteiger charge is -2.21. The van der Waals surface area contributed by atoms with Gasteiger partial charge >= 0.3 is 0 Å². The van der Waals surface area contributed by atoms with Gasteiger partial charge in [-0.05, 0) is 19.8 Å². The highest BCUT2D eigenvalue weighted by atomic mass is 16.6. The van der Waals surface area contributed by atoms with E-state index in [1.54, 1.807) is 13.1 Å². The number of ketones is 1. The van der Waals surface area contributed by atoms with Gasteiger partial charge in [-0.15, -0.1) is 0 Å². The van der Waals surface area contributed by atoms with Crippen LogP contribution >= 0.6 is 0 Å². The average Bonchev–Trinajstić information content (AvgIpc) is 2.76. The fraction of sp³-hybridized carbons (Fsp3) is 0.857. The topological polar surface area (TPSA) is 181 Å². The van der Waals surface area contributed by atoms with Crippen LogP contribution in [0.5, 0.6) is 0 Å². The zero-order valence-corrected chi connectivity index (χ0v) is 19.2. The normalized spacial score (nSPS) is 12.3. The first-order chi connectivity index (χ1) is 15.4. The van der Waals surface area contributed by atoms with Crippen molar-refractivity contribution in [2.45, 2.75) is 38.7 Å². The van der Waals surface area contributed by atoms with Crippen LogP contribution in [-0.4, -0.2) is 103 Å². The molecule has 0 bridgehead atoms.